The van der Waals surface area contributed by atoms with Crippen LogP contribution in [0.5, 0.6) is 0 Å². The number of carbonyl (C=O) groups excluding carboxylic acids is 2. The van der Waals surface area contributed by atoms with Gasteiger partial charge in [0.15, 0.2) is 0 Å². The lowest BCUT2D eigenvalue weighted by Gasteiger charge is -2.22. The zero-order valence-electron chi connectivity index (χ0n) is 11.3. The van der Waals surface area contributed by atoms with Crippen molar-refractivity contribution in [2.45, 2.75) is 25.8 Å². The van der Waals surface area contributed by atoms with Gasteiger partial charge in [0, 0.05) is 12.1 Å². The van der Waals surface area contributed by atoms with Crippen molar-refractivity contribution in [2.75, 3.05) is 11.6 Å². The second-order valence-corrected chi connectivity index (χ2v) is 6.67. The van der Waals surface area contributed by atoms with Crippen LogP contribution in [-0.2, 0) is 19.6 Å². The number of carbonyl (C=O) groups is 2. The fourth-order valence-electron chi connectivity index (χ4n) is 2.24. The standard InChI is InChI=1S/C13H16N2O4S/c1-9-5-3-4-6-10(9)14-13(17)11-7-8-12(16)15(11)20(2,18)19/h3-6,11H,7-8H2,1-2H3,(H,14,17). The number of benzene rings is 1. The molecule has 1 atom stereocenters. The highest BCUT2D eigenvalue weighted by molar-refractivity contribution is 7.89. The summed E-state index contributed by atoms with van der Waals surface area (Å²) in [7, 11) is -3.73. The molecule has 0 saturated carbocycles. The predicted molar refractivity (Wildman–Crippen MR) is 74.5 cm³/mol. The van der Waals surface area contributed by atoms with E-state index >= 15 is 0 Å². The second kappa shape index (κ2) is 5.24. The van der Waals surface area contributed by atoms with E-state index in [-0.39, 0.29) is 12.8 Å². The Bertz CT molecular complexity index is 654. The first-order chi connectivity index (χ1) is 9.30. The van der Waals surface area contributed by atoms with E-state index in [4.69, 9.17) is 0 Å². The van der Waals surface area contributed by atoms with Gasteiger partial charge >= 0.3 is 0 Å². The highest BCUT2D eigenvalue weighted by atomic mass is 32.2. The number of sulfonamides is 1. The molecule has 2 amide bonds. The van der Waals surface area contributed by atoms with Crippen LogP contribution >= 0.6 is 0 Å². The number of nitrogens with zero attached hydrogens (tertiary/aromatic N) is 1. The molecule has 1 saturated heterocycles. The average molecular weight is 296 g/mol. The summed E-state index contributed by atoms with van der Waals surface area (Å²) in [6.07, 6.45) is 1.22. The molecule has 1 aliphatic heterocycles. The Kier molecular flexibility index (Phi) is 3.80. The van der Waals surface area contributed by atoms with E-state index in [1.165, 1.54) is 0 Å². The zero-order chi connectivity index (χ0) is 14.9. The van der Waals surface area contributed by atoms with Crippen LogP contribution in [0.3, 0.4) is 0 Å². The topological polar surface area (TPSA) is 83.6 Å². The van der Waals surface area contributed by atoms with Gasteiger partial charge in [-0.1, -0.05) is 18.2 Å². The van der Waals surface area contributed by atoms with E-state index in [2.05, 4.69) is 5.32 Å². The predicted octanol–water partition coefficient (Wildman–Crippen LogP) is 0.884. The van der Waals surface area contributed by atoms with Gasteiger partial charge in [0.2, 0.25) is 21.8 Å². The SMILES string of the molecule is Cc1ccccc1NC(=O)C1CCC(=O)N1S(C)(=O)=O. The Morgan fingerprint density at radius 1 is 1.35 bits per heavy atom. The third kappa shape index (κ3) is 2.82. The van der Waals surface area contributed by atoms with Gasteiger partial charge in [-0.05, 0) is 25.0 Å². The molecular weight excluding hydrogens is 280 g/mol. The van der Waals surface area contributed by atoms with Crippen LogP contribution < -0.4 is 5.32 Å². The van der Waals surface area contributed by atoms with Crippen molar-refractivity contribution in [3.63, 3.8) is 0 Å². The molecule has 7 heteroatoms. The lowest BCUT2D eigenvalue weighted by Crippen LogP contribution is -2.44. The van der Waals surface area contributed by atoms with Crippen LogP contribution in [0.25, 0.3) is 0 Å². The van der Waals surface area contributed by atoms with Crippen molar-refractivity contribution < 1.29 is 18.0 Å². The van der Waals surface area contributed by atoms with Crippen molar-refractivity contribution in [1.29, 1.82) is 0 Å². The van der Waals surface area contributed by atoms with E-state index in [1.54, 1.807) is 12.1 Å². The maximum Gasteiger partial charge on any atom is 0.248 e. The van der Waals surface area contributed by atoms with Crippen LogP contribution in [0, 0.1) is 6.92 Å². The van der Waals surface area contributed by atoms with Crippen molar-refractivity contribution in [3.05, 3.63) is 29.8 Å². The lowest BCUT2D eigenvalue weighted by atomic mass is 10.1. The minimum atomic E-state index is -3.73. The summed E-state index contributed by atoms with van der Waals surface area (Å²) in [5.41, 5.74) is 1.49. The molecular formula is C13H16N2O4S. The summed E-state index contributed by atoms with van der Waals surface area (Å²) < 4.78 is 23.9. The second-order valence-electron chi connectivity index (χ2n) is 4.81. The lowest BCUT2D eigenvalue weighted by molar-refractivity contribution is -0.128. The van der Waals surface area contributed by atoms with E-state index < -0.39 is 27.9 Å². The first kappa shape index (κ1) is 14.5. The summed E-state index contributed by atoms with van der Waals surface area (Å²) in [6, 6.07) is 6.22. The fraction of sp³-hybridized carbons (Fsp3) is 0.385. The number of hydrogen-bond acceptors (Lipinski definition) is 4. The van der Waals surface area contributed by atoms with Gasteiger partial charge in [0.25, 0.3) is 0 Å². The number of para-hydroxylation sites is 1. The molecule has 2 rings (SSSR count). The summed E-state index contributed by atoms with van der Waals surface area (Å²) in [6.45, 7) is 1.84. The molecule has 6 nitrogen and oxygen atoms in total. The number of aryl methyl sites for hydroxylation is 1. The van der Waals surface area contributed by atoms with E-state index in [1.807, 2.05) is 19.1 Å². The molecule has 1 heterocycles. The molecule has 0 aromatic heterocycles. The first-order valence-electron chi connectivity index (χ1n) is 6.19. The molecule has 1 fully saturated rings. The third-order valence-corrected chi connectivity index (χ3v) is 4.40. The molecule has 0 radical (unpaired) electrons. The summed E-state index contributed by atoms with van der Waals surface area (Å²) >= 11 is 0. The maximum atomic E-state index is 12.2. The summed E-state index contributed by atoms with van der Waals surface area (Å²) in [5, 5.41) is 2.68. The van der Waals surface area contributed by atoms with Gasteiger partial charge in [-0.3, -0.25) is 9.59 Å². The maximum absolute atomic E-state index is 12.2. The monoisotopic (exact) mass is 296 g/mol. The zero-order valence-corrected chi connectivity index (χ0v) is 12.1. The van der Waals surface area contributed by atoms with Gasteiger partial charge in [0.05, 0.1) is 6.26 Å². The highest BCUT2D eigenvalue weighted by Crippen LogP contribution is 2.24. The van der Waals surface area contributed by atoms with Gasteiger partial charge in [-0.25, -0.2) is 12.7 Å². The quantitative estimate of drug-likeness (QED) is 0.897. The average Bonchev–Trinajstić information content (AvgIpc) is 2.74. The van der Waals surface area contributed by atoms with E-state index in [0.29, 0.717) is 9.99 Å². The molecule has 108 valence electrons. The van der Waals surface area contributed by atoms with Gasteiger partial charge in [-0.2, -0.15) is 0 Å². The molecule has 1 aromatic rings. The Hall–Kier alpha value is -1.89. The normalized spacial score (nSPS) is 19.2. The first-order valence-corrected chi connectivity index (χ1v) is 8.04. The number of rotatable bonds is 3. The number of hydrogen-bond donors (Lipinski definition) is 1. The third-order valence-electron chi connectivity index (χ3n) is 3.22. The Morgan fingerprint density at radius 3 is 2.60 bits per heavy atom. The molecule has 1 N–H and O–H groups in total. The van der Waals surface area contributed by atoms with Gasteiger partial charge in [-0.15, -0.1) is 0 Å². The van der Waals surface area contributed by atoms with Crippen molar-refractivity contribution in [1.82, 2.24) is 4.31 Å². The van der Waals surface area contributed by atoms with Crippen molar-refractivity contribution in [3.8, 4) is 0 Å². The van der Waals surface area contributed by atoms with E-state index in [9.17, 15) is 18.0 Å². The molecule has 0 aliphatic carbocycles. The van der Waals surface area contributed by atoms with Crippen LogP contribution in [-0.4, -0.2) is 36.8 Å². The molecule has 1 unspecified atom stereocenters. The Labute approximate surface area is 117 Å². The minimum absolute atomic E-state index is 0.0684. The van der Waals surface area contributed by atoms with Crippen LogP contribution in [0.2, 0.25) is 0 Å². The Balaban J connectivity index is 2.21. The van der Waals surface area contributed by atoms with Crippen LogP contribution in [0.4, 0.5) is 5.69 Å². The van der Waals surface area contributed by atoms with Crippen LogP contribution in [0.1, 0.15) is 18.4 Å². The fourth-order valence-corrected chi connectivity index (χ4v) is 3.37. The molecule has 0 bridgehead atoms. The van der Waals surface area contributed by atoms with Gasteiger partial charge in [0.1, 0.15) is 6.04 Å². The summed E-state index contributed by atoms with van der Waals surface area (Å²) in [4.78, 5) is 23.8. The van der Waals surface area contributed by atoms with E-state index in [0.717, 1.165) is 11.8 Å². The number of amides is 2. The van der Waals surface area contributed by atoms with Crippen LogP contribution in [0.15, 0.2) is 24.3 Å². The molecule has 0 spiro atoms. The smallest absolute Gasteiger partial charge is 0.248 e. The molecule has 1 aliphatic rings. The highest BCUT2D eigenvalue weighted by Gasteiger charge is 2.41. The van der Waals surface area contributed by atoms with Gasteiger partial charge < -0.3 is 5.32 Å². The van der Waals surface area contributed by atoms with Crippen molar-refractivity contribution >= 4 is 27.5 Å². The van der Waals surface area contributed by atoms with Crippen molar-refractivity contribution in [2.24, 2.45) is 0 Å². The largest absolute Gasteiger partial charge is 0.324 e. The summed E-state index contributed by atoms with van der Waals surface area (Å²) in [5.74, 6) is -1.01. The molecule has 20 heavy (non-hydrogen) atoms. The minimum Gasteiger partial charge on any atom is -0.324 e. The Morgan fingerprint density at radius 2 is 2.00 bits per heavy atom. The number of anilines is 1. The number of nitrogens with one attached hydrogen (secondary N) is 1. The molecule has 1 aromatic carbocycles.